The van der Waals surface area contributed by atoms with Gasteiger partial charge in [0.15, 0.2) is 0 Å². The lowest BCUT2D eigenvalue weighted by molar-refractivity contribution is -0.148. The predicted octanol–water partition coefficient (Wildman–Crippen LogP) is 0.776. The maximum atomic E-state index is 11.7. The van der Waals surface area contributed by atoms with Gasteiger partial charge in [-0.05, 0) is 6.92 Å². The van der Waals surface area contributed by atoms with Crippen molar-refractivity contribution in [1.29, 1.82) is 0 Å². The van der Waals surface area contributed by atoms with E-state index in [4.69, 9.17) is 5.11 Å². The van der Waals surface area contributed by atoms with Gasteiger partial charge in [0, 0.05) is 31.0 Å². The molecule has 1 aliphatic rings. The predicted molar refractivity (Wildman–Crippen MR) is 67.1 cm³/mol. The van der Waals surface area contributed by atoms with Crippen LogP contribution in [0.3, 0.4) is 0 Å². The summed E-state index contributed by atoms with van der Waals surface area (Å²) in [7, 11) is 1.82. The zero-order valence-corrected chi connectivity index (χ0v) is 11.3. The highest BCUT2D eigenvalue weighted by Crippen LogP contribution is 2.42. The number of amides is 1. The minimum absolute atomic E-state index is 0.222. The highest BCUT2D eigenvalue weighted by molar-refractivity contribution is 7.99. The second-order valence-corrected chi connectivity index (χ2v) is 5.39. The van der Waals surface area contributed by atoms with Crippen LogP contribution >= 0.6 is 11.8 Å². The van der Waals surface area contributed by atoms with Crippen molar-refractivity contribution >= 4 is 23.6 Å². The molecule has 0 aromatic carbocycles. The number of aromatic nitrogens is 2. The molecule has 98 valence electrons. The number of hydrogen-bond acceptors (Lipinski definition) is 4. The summed E-state index contributed by atoms with van der Waals surface area (Å²) in [5.41, 5.74) is 1.85. The normalized spacial score (nSPS) is 23.4. The number of carbonyl (C=O) groups excluding carboxylic acids is 1. The summed E-state index contributed by atoms with van der Waals surface area (Å²) in [6, 6.07) is -0.753. The topological polar surface area (TPSA) is 75.4 Å². The molecule has 2 unspecified atom stereocenters. The third-order valence-corrected chi connectivity index (χ3v) is 4.49. The fourth-order valence-electron chi connectivity index (χ4n) is 2.08. The Morgan fingerprint density at radius 2 is 2.22 bits per heavy atom. The van der Waals surface area contributed by atoms with Gasteiger partial charge in [0.1, 0.15) is 11.4 Å². The van der Waals surface area contributed by atoms with Crippen molar-refractivity contribution in [3.05, 3.63) is 17.5 Å². The zero-order valence-electron chi connectivity index (χ0n) is 10.5. The fourth-order valence-corrected chi connectivity index (χ4v) is 3.61. The molecule has 1 aliphatic heterocycles. The minimum Gasteiger partial charge on any atom is -0.480 e. The maximum absolute atomic E-state index is 11.7. The molecule has 1 saturated heterocycles. The monoisotopic (exact) mass is 269 g/mol. The van der Waals surface area contributed by atoms with Gasteiger partial charge in [-0.1, -0.05) is 0 Å². The van der Waals surface area contributed by atoms with Crippen molar-refractivity contribution in [3.63, 3.8) is 0 Å². The lowest BCUT2D eigenvalue weighted by Gasteiger charge is -2.25. The van der Waals surface area contributed by atoms with Gasteiger partial charge in [-0.25, -0.2) is 4.79 Å². The summed E-state index contributed by atoms with van der Waals surface area (Å²) in [5.74, 6) is -0.768. The van der Waals surface area contributed by atoms with Gasteiger partial charge in [0.25, 0.3) is 0 Å². The molecular formula is C11H15N3O3S. The van der Waals surface area contributed by atoms with Crippen molar-refractivity contribution in [2.45, 2.75) is 25.3 Å². The van der Waals surface area contributed by atoms with Crippen LogP contribution in [-0.2, 0) is 16.6 Å². The van der Waals surface area contributed by atoms with E-state index in [1.165, 1.54) is 23.6 Å². The van der Waals surface area contributed by atoms with E-state index in [1.54, 1.807) is 10.9 Å². The summed E-state index contributed by atoms with van der Waals surface area (Å²) in [5, 5.41) is 13.0. The third-order valence-electron chi connectivity index (χ3n) is 3.19. The number of aliphatic carboxylic acids is 1. The van der Waals surface area contributed by atoms with Crippen molar-refractivity contribution in [2.75, 3.05) is 5.75 Å². The quantitative estimate of drug-likeness (QED) is 0.858. The summed E-state index contributed by atoms with van der Waals surface area (Å²) in [4.78, 5) is 24.3. The number of aryl methyl sites for hydroxylation is 1. The summed E-state index contributed by atoms with van der Waals surface area (Å²) >= 11 is 1.47. The molecule has 0 saturated carbocycles. The van der Waals surface area contributed by atoms with E-state index in [2.05, 4.69) is 5.10 Å². The average molecular weight is 269 g/mol. The Bertz CT molecular complexity index is 500. The highest BCUT2D eigenvalue weighted by Gasteiger charge is 2.42. The van der Waals surface area contributed by atoms with Crippen LogP contribution in [-0.4, -0.2) is 43.5 Å². The van der Waals surface area contributed by atoms with Gasteiger partial charge < -0.3 is 10.0 Å². The minimum atomic E-state index is -0.957. The van der Waals surface area contributed by atoms with Crippen LogP contribution < -0.4 is 0 Å². The van der Waals surface area contributed by atoms with Crippen LogP contribution in [0.2, 0.25) is 0 Å². The number of thioether (sulfide) groups is 1. The van der Waals surface area contributed by atoms with E-state index in [0.717, 1.165) is 11.3 Å². The molecule has 2 rings (SSSR count). The first-order chi connectivity index (χ1) is 8.43. The van der Waals surface area contributed by atoms with Gasteiger partial charge in [-0.3, -0.25) is 9.48 Å². The Balaban J connectivity index is 2.37. The summed E-state index contributed by atoms with van der Waals surface area (Å²) in [6.45, 7) is 3.32. The summed E-state index contributed by atoms with van der Waals surface area (Å²) in [6.07, 6.45) is 1.70. The van der Waals surface area contributed by atoms with Crippen molar-refractivity contribution < 1.29 is 14.7 Å². The molecule has 2 heterocycles. The molecule has 1 aromatic heterocycles. The number of hydrogen-bond donors (Lipinski definition) is 1. The average Bonchev–Trinajstić information content (AvgIpc) is 2.84. The number of nitrogens with zero attached hydrogens (tertiary/aromatic N) is 3. The Kier molecular flexibility index (Phi) is 3.34. The lowest BCUT2D eigenvalue weighted by atomic mass is 10.2. The van der Waals surface area contributed by atoms with E-state index in [1.807, 2.05) is 14.0 Å². The first-order valence-electron chi connectivity index (χ1n) is 5.55. The molecule has 6 nitrogen and oxygen atoms in total. The molecule has 1 N–H and O–H groups in total. The standard InChI is InChI=1S/C11H15N3O3S/c1-6-8(4-12-13(6)3)10-14(7(2)15)9(5-18-10)11(16)17/h4,9-10H,5H2,1-3H3,(H,16,17). The third kappa shape index (κ3) is 1.98. The van der Waals surface area contributed by atoms with Crippen LogP contribution in [0.1, 0.15) is 23.6 Å². The Labute approximate surface area is 109 Å². The number of carboxylic acid groups (broad SMARTS) is 1. The van der Waals surface area contributed by atoms with Crippen LogP contribution in [0, 0.1) is 6.92 Å². The van der Waals surface area contributed by atoms with Crippen molar-refractivity contribution in [3.8, 4) is 0 Å². The molecule has 2 atom stereocenters. The second kappa shape index (κ2) is 4.64. The Morgan fingerprint density at radius 3 is 2.67 bits per heavy atom. The van der Waals surface area contributed by atoms with Crippen LogP contribution in [0.4, 0.5) is 0 Å². The van der Waals surface area contributed by atoms with Gasteiger partial charge in [0.2, 0.25) is 5.91 Å². The molecule has 1 aromatic rings. The molecule has 0 bridgehead atoms. The Morgan fingerprint density at radius 1 is 1.56 bits per heavy atom. The molecular weight excluding hydrogens is 254 g/mol. The molecule has 0 spiro atoms. The van der Waals surface area contributed by atoms with E-state index >= 15 is 0 Å². The zero-order chi connectivity index (χ0) is 13.4. The molecule has 18 heavy (non-hydrogen) atoms. The molecule has 0 radical (unpaired) electrons. The number of rotatable bonds is 2. The fraction of sp³-hybridized carbons (Fsp3) is 0.545. The molecule has 7 heteroatoms. The number of carbonyl (C=O) groups is 2. The van der Waals surface area contributed by atoms with E-state index in [9.17, 15) is 9.59 Å². The van der Waals surface area contributed by atoms with Gasteiger partial charge in [-0.2, -0.15) is 5.10 Å². The SMILES string of the molecule is CC(=O)N1C(C(=O)O)CSC1c1cnn(C)c1C. The summed E-state index contributed by atoms with van der Waals surface area (Å²) < 4.78 is 1.72. The van der Waals surface area contributed by atoms with Crippen LogP contribution in [0.15, 0.2) is 6.20 Å². The van der Waals surface area contributed by atoms with E-state index in [0.29, 0.717) is 5.75 Å². The molecule has 1 amide bonds. The smallest absolute Gasteiger partial charge is 0.327 e. The van der Waals surface area contributed by atoms with Crippen molar-refractivity contribution in [2.24, 2.45) is 7.05 Å². The van der Waals surface area contributed by atoms with Crippen LogP contribution in [0.5, 0.6) is 0 Å². The van der Waals surface area contributed by atoms with Gasteiger partial charge >= 0.3 is 5.97 Å². The Hall–Kier alpha value is -1.50. The van der Waals surface area contributed by atoms with Crippen LogP contribution in [0.25, 0.3) is 0 Å². The molecule has 1 fully saturated rings. The highest BCUT2D eigenvalue weighted by atomic mass is 32.2. The first kappa shape index (κ1) is 12.9. The lowest BCUT2D eigenvalue weighted by Crippen LogP contribution is -2.41. The van der Waals surface area contributed by atoms with Gasteiger partial charge in [-0.15, -0.1) is 11.8 Å². The van der Waals surface area contributed by atoms with E-state index < -0.39 is 12.0 Å². The van der Waals surface area contributed by atoms with Gasteiger partial charge in [0.05, 0.1) is 6.20 Å². The largest absolute Gasteiger partial charge is 0.480 e. The number of carboxylic acids is 1. The van der Waals surface area contributed by atoms with E-state index in [-0.39, 0.29) is 11.3 Å². The van der Waals surface area contributed by atoms with Crippen molar-refractivity contribution in [1.82, 2.24) is 14.7 Å². The second-order valence-electron chi connectivity index (χ2n) is 4.27. The molecule has 0 aliphatic carbocycles. The first-order valence-corrected chi connectivity index (χ1v) is 6.60. The maximum Gasteiger partial charge on any atom is 0.327 e.